The first-order chi connectivity index (χ1) is 14.9. The molecule has 9 heteroatoms. The smallest absolute Gasteiger partial charge is 0.243 e. The van der Waals surface area contributed by atoms with Crippen LogP contribution in [0.25, 0.3) is 11.4 Å². The molecule has 0 bridgehead atoms. The van der Waals surface area contributed by atoms with Crippen molar-refractivity contribution in [3.05, 3.63) is 60.0 Å². The summed E-state index contributed by atoms with van der Waals surface area (Å²) < 4.78 is 32.1. The first-order valence-corrected chi connectivity index (χ1v) is 11.7. The average molecular weight is 441 g/mol. The molecule has 0 spiro atoms. The summed E-state index contributed by atoms with van der Waals surface area (Å²) in [6, 6.07) is 13.7. The lowest BCUT2D eigenvalue weighted by Crippen LogP contribution is -2.35. The third-order valence-corrected chi connectivity index (χ3v) is 7.12. The fourth-order valence-electron chi connectivity index (χ4n) is 3.61. The van der Waals surface area contributed by atoms with E-state index in [1.54, 1.807) is 43.3 Å². The lowest BCUT2D eigenvalue weighted by atomic mass is 10.1. The van der Waals surface area contributed by atoms with Crippen LogP contribution in [0, 0.1) is 6.92 Å². The molecule has 4 rings (SSSR count). The maximum absolute atomic E-state index is 12.8. The van der Waals surface area contributed by atoms with E-state index in [0.717, 1.165) is 24.8 Å². The van der Waals surface area contributed by atoms with Crippen molar-refractivity contribution in [3.63, 3.8) is 0 Å². The molecule has 8 nitrogen and oxygen atoms in total. The van der Waals surface area contributed by atoms with Gasteiger partial charge in [-0.2, -0.15) is 9.29 Å². The highest BCUT2D eigenvalue weighted by molar-refractivity contribution is 7.89. The highest BCUT2D eigenvalue weighted by Gasteiger charge is 2.25. The first-order valence-electron chi connectivity index (χ1n) is 10.2. The number of hydrogen-bond donors (Lipinski definition) is 1. The zero-order valence-corrected chi connectivity index (χ0v) is 18.1. The van der Waals surface area contributed by atoms with Crippen molar-refractivity contribution in [2.24, 2.45) is 0 Å². The van der Waals surface area contributed by atoms with E-state index in [2.05, 4.69) is 15.5 Å². The minimum atomic E-state index is -3.48. The van der Waals surface area contributed by atoms with Crippen LogP contribution < -0.4 is 5.32 Å². The van der Waals surface area contributed by atoms with Crippen LogP contribution >= 0.6 is 0 Å². The molecule has 1 aliphatic rings. The Kier molecular flexibility index (Phi) is 6.15. The van der Waals surface area contributed by atoms with E-state index in [1.807, 2.05) is 12.1 Å². The van der Waals surface area contributed by atoms with Crippen molar-refractivity contribution in [2.75, 3.05) is 18.4 Å². The van der Waals surface area contributed by atoms with Gasteiger partial charge in [-0.3, -0.25) is 4.79 Å². The highest BCUT2D eigenvalue weighted by Crippen LogP contribution is 2.26. The lowest BCUT2D eigenvalue weighted by Gasteiger charge is -2.25. The first kappa shape index (κ1) is 21.2. The number of anilines is 1. The Balaban J connectivity index is 1.44. The number of nitrogens with one attached hydrogen (secondary N) is 1. The van der Waals surface area contributed by atoms with Gasteiger partial charge in [-0.15, -0.1) is 0 Å². The minimum absolute atomic E-state index is 0.115. The van der Waals surface area contributed by atoms with E-state index in [4.69, 9.17) is 4.52 Å². The predicted octanol–water partition coefficient (Wildman–Crippen LogP) is 3.40. The summed E-state index contributed by atoms with van der Waals surface area (Å²) in [6.45, 7) is 2.82. The number of benzene rings is 2. The Hall–Kier alpha value is -3.04. The van der Waals surface area contributed by atoms with Crippen molar-refractivity contribution in [3.8, 4) is 11.4 Å². The fraction of sp³-hybridized carbons (Fsp3) is 0.318. The largest absolute Gasteiger partial charge is 0.339 e. The molecule has 1 amide bonds. The Morgan fingerprint density at radius 2 is 1.77 bits per heavy atom. The van der Waals surface area contributed by atoms with Crippen LogP contribution in [0.2, 0.25) is 0 Å². The monoisotopic (exact) mass is 440 g/mol. The van der Waals surface area contributed by atoms with Gasteiger partial charge in [0.15, 0.2) is 0 Å². The minimum Gasteiger partial charge on any atom is -0.339 e. The number of aryl methyl sites for hydroxylation is 1. The van der Waals surface area contributed by atoms with E-state index < -0.39 is 10.0 Å². The van der Waals surface area contributed by atoms with Crippen LogP contribution in [0.4, 0.5) is 5.69 Å². The summed E-state index contributed by atoms with van der Waals surface area (Å²) in [5.74, 6) is 0.621. The second-order valence-corrected chi connectivity index (χ2v) is 9.45. The molecule has 0 atom stereocenters. The average Bonchev–Trinajstić information content (AvgIpc) is 3.21. The number of rotatable bonds is 6. The molecule has 2 aromatic carbocycles. The van der Waals surface area contributed by atoms with Gasteiger partial charge in [0.25, 0.3) is 0 Å². The van der Waals surface area contributed by atoms with E-state index in [1.165, 1.54) is 4.31 Å². The van der Waals surface area contributed by atoms with Gasteiger partial charge in [-0.05, 0) is 42.7 Å². The maximum Gasteiger partial charge on any atom is 0.243 e. The van der Waals surface area contributed by atoms with Crippen molar-refractivity contribution >= 4 is 21.6 Å². The quantitative estimate of drug-likeness (QED) is 0.630. The Morgan fingerprint density at radius 3 is 2.45 bits per heavy atom. The second kappa shape index (κ2) is 8.99. The number of aromatic nitrogens is 2. The molecular weight excluding hydrogens is 416 g/mol. The van der Waals surface area contributed by atoms with Crippen LogP contribution in [0.1, 0.15) is 30.7 Å². The summed E-state index contributed by atoms with van der Waals surface area (Å²) in [6.07, 6.45) is 2.96. The van der Waals surface area contributed by atoms with Gasteiger partial charge in [-0.1, -0.05) is 35.8 Å². The van der Waals surface area contributed by atoms with E-state index in [0.29, 0.717) is 36.1 Å². The number of carbonyl (C=O) groups excluding carboxylic acids is 1. The standard InChI is InChI=1S/C22H24N4O4S/c1-16-23-22(25-30-16)19-7-3-4-8-20(19)24-21(27)15-17-9-11-18(12-10-17)31(28,29)26-13-5-2-6-14-26/h3-4,7-12H,2,5-6,13-15H2,1H3,(H,24,27). The molecule has 1 saturated heterocycles. The van der Waals surface area contributed by atoms with Gasteiger partial charge in [-0.25, -0.2) is 8.42 Å². The number of amides is 1. The van der Waals surface area contributed by atoms with Crippen LogP contribution in [-0.4, -0.2) is 41.9 Å². The molecule has 162 valence electrons. The number of hydrogen-bond acceptors (Lipinski definition) is 6. The highest BCUT2D eigenvalue weighted by atomic mass is 32.2. The van der Waals surface area contributed by atoms with Crippen LogP contribution in [0.5, 0.6) is 0 Å². The molecule has 0 radical (unpaired) electrons. The SMILES string of the molecule is Cc1nc(-c2ccccc2NC(=O)Cc2ccc(S(=O)(=O)N3CCCCC3)cc2)no1. The third kappa shape index (κ3) is 4.83. The summed E-state index contributed by atoms with van der Waals surface area (Å²) in [7, 11) is -3.48. The van der Waals surface area contributed by atoms with Crippen LogP contribution in [0.3, 0.4) is 0 Å². The van der Waals surface area contributed by atoms with Gasteiger partial charge in [0.1, 0.15) is 0 Å². The number of carbonyl (C=O) groups is 1. The molecule has 1 aliphatic heterocycles. The number of para-hydroxylation sites is 1. The number of sulfonamides is 1. The molecule has 0 unspecified atom stereocenters. The summed E-state index contributed by atoms with van der Waals surface area (Å²) in [4.78, 5) is 17.1. The van der Waals surface area contributed by atoms with Crippen molar-refractivity contribution in [1.29, 1.82) is 0 Å². The molecule has 2 heterocycles. The van der Waals surface area contributed by atoms with E-state index in [-0.39, 0.29) is 17.2 Å². The molecule has 1 fully saturated rings. The topological polar surface area (TPSA) is 105 Å². The maximum atomic E-state index is 12.8. The van der Waals surface area contributed by atoms with Crippen molar-refractivity contribution < 1.29 is 17.7 Å². The number of nitrogens with zero attached hydrogens (tertiary/aromatic N) is 3. The molecule has 3 aromatic rings. The third-order valence-electron chi connectivity index (χ3n) is 5.21. The zero-order valence-electron chi connectivity index (χ0n) is 17.2. The summed E-state index contributed by atoms with van der Waals surface area (Å²) >= 11 is 0. The van der Waals surface area contributed by atoms with Crippen LogP contribution in [0.15, 0.2) is 57.9 Å². The second-order valence-electron chi connectivity index (χ2n) is 7.52. The Labute approximate surface area is 181 Å². The number of piperidine rings is 1. The van der Waals surface area contributed by atoms with Gasteiger partial charge < -0.3 is 9.84 Å². The van der Waals surface area contributed by atoms with Crippen LogP contribution in [-0.2, 0) is 21.2 Å². The van der Waals surface area contributed by atoms with Gasteiger partial charge in [0, 0.05) is 25.6 Å². The van der Waals surface area contributed by atoms with Crippen molar-refractivity contribution in [2.45, 2.75) is 37.5 Å². The fourth-order valence-corrected chi connectivity index (χ4v) is 5.13. The molecule has 0 aliphatic carbocycles. The van der Waals surface area contributed by atoms with Gasteiger partial charge >= 0.3 is 0 Å². The Morgan fingerprint density at radius 1 is 1.06 bits per heavy atom. The van der Waals surface area contributed by atoms with Crippen molar-refractivity contribution in [1.82, 2.24) is 14.4 Å². The summed E-state index contributed by atoms with van der Waals surface area (Å²) in [5, 5.41) is 6.79. The lowest BCUT2D eigenvalue weighted by molar-refractivity contribution is -0.115. The van der Waals surface area contributed by atoms with Gasteiger partial charge in [0.2, 0.25) is 27.6 Å². The normalized spacial score (nSPS) is 15.0. The Bertz CT molecular complexity index is 1170. The zero-order chi connectivity index (χ0) is 21.8. The summed E-state index contributed by atoms with van der Waals surface area (Å²) in [5.41, 5.74) is 1.97. The molecular formula is C22H24N4O4S. The molecule has 0 saturated carbocycles. The van der Waals surface area contributed by atoms with E-state index in [9.17, 15) is 13.2 Å². The molecule has 1 N–H and O–H groups in total. The molecule has 31 heavy (non-hydrogen) atoms. The molecule has 1 aromatic heterocycles. The van der Waals surface area contributed by atoms with Gasteiger partial charge in [0.05, 0.1) is 17.0 Å². The van der Waals surface area contributed by atoms with E-state index >= 15 is 0 Å². The predicted molar refractivity (Wildman–Crippen MR) is 116 cm³/mol.